The number of halogens is 2. The Hall–Kier alpha value is -2.88. The van der Waals surface area contributed by atoms with Crippen LogP contribution in [0.2, 0.25) is 5.02 Å². The fourth-order valence-corrected chi connectivity index (χ4v) is 5.47. The van der Waals surface area contributed by atoms with Gasteiger partial charge in [-0.3, -0.25) is 13.9 Å². The van der Waals surface area contributed by atoms with Gasteiger partial charge in [0.15, 0.2) is 0 Å². The number of likely N-dealkylation sites (N-methyl/N-ethyl adjacent to an activating group) is 1. The van der Waals surface area contributed by atoms with Crippen molar-refractivity contribution < 1.29 is 18.0 Å². The van der Waals surface area contributed by atoms with Crippen molar-refractivity contribution in [2.75, 3.05) is 17.4 Å². The molecular formula is C27H29BrClN3O4S. The number of anilines is 1. The van der Waals surface area contributed by atoms with E-state index >= 15 is 0 Å². The van der Waals surface area contributed by atoms with Gasteiger partial charge in [-0.25, -0.2) is 8.42 Å². The number of hydrogen-bond acceptors (Lipinski definition) is 4. The van der Waals surface area contributed by atoms with Crippen molar-refractivity contribution in [2.24, 2.45) is 0 Å². The number of benzene rings is 3. The van der Waals surface area contributed by atoms with Gasteiger partial charge in [-0.1, -0.05) is 57.4 Å². The Bertz CT molecular complexity index is 1330. The molecule has 0 bridgehead atoms. The Morgan fingerprint density at radius 2 is 1.57 bits per heavy atom. The molecule has 0 radical (unpaired) electrons. The Morgan fingerprint density at radius 3 is 2.14 bits per heavy atom. The van der Waals surface area contributed by atoms with Crippen LogP contribution in [0.25, 0.3) is 0 Å². The highest BCUT2D eigenvalue weighted by Crippen LogP contribution is 2.26. The predicted octanol–water partition coefficient (Wildman–Crippen LogP) is 5.16. The zero-order chi connectivity index (χ0) is 27.2. The van der Waals surface area contributed by atoms with E-state index in [0.717, 1.165) is 19.9 Å². The molecule has 3 aromatic rings. The average molecular weight is 607 g/mol. The summed E-state index contributed by atoms with van der Waals surface area (Å²) in [6.45, 7) is 5.29. The summed E-state index contributed by atoms with van der Waals surface area (Å²) < 4.78 is 29.3. The average Bonchev–Trinajstić information content (AvgIpc) is 2.87. The van der Waals surface area contributed by atoms with Gasteiger partial charge in [-0.2, -0.15) is 0 Å². The summed E-state index contributed by atoms with van der Waals surface area (Å²) in [5.74, 6) is -0.853. The number of carbonyl (C=O) groups excluding carboxylic acids is 2. The van der Waals surface area contributed by atoms with Crippen LogP contribution in [0.15, 0.2) is 82.2 Å². The molecule has 0 aliphatic carbocycles. The lowest BCUT2D eigenvalue weighted by atomic mass is 10.1. The first kappa shape index (κ1) is 28.7. The van der Waals surface area contributed by atoms with Gasteiger partial charge in [0.25, 0.3) is 10.0 Å². The summed E-state index contributed by atoms with van der Waals surface area (Å²) in [5, 5.41) is 3.28. The molecule has 0 fully saturated rings. The summed E-state index contributed by atoms with van der Waals surface area (Å²) in [4.78, 5) is 27.9. The fraction of sp³-hybridized carbons (Fsp3) is 0.259. The van der Waals surface area contributed by atoms with Crippen molar-refractivity contribution in [1.29, 1.82) is 0 Å². The minimum atomic E-state index is -4.09. The number of hydrogen-bond donors (Lipinski definition) is 1. The molecule has 3 rings (SSSR count). The van der Waals surface area contributed by atoms with Gasteiger partial charge in [0.05, 0.1) is 10.6 Å². The van der Waals surface area contributed by atoms with Gasteiger partial charge in [0.2, 0.25) is 11.8 Å². The number of carbonyl (C=O) groups is 2. The van der Waals surface area contributed by atoms with E-state index in [1.165, 1.54) is 17.0 Å². The first-order chi connectivity index (χ1) is 17.5. The summed E-state index contributed by atoms with van der Waals surface area (Å²) in [5.41, 5.74) is 2.00. The van der Waals surface area contributed by atoms with Crippen LogP contribution in [0.5, 0.6) is 0 Å². The lowest BCUT2D eigenvalue weighted by molar-refractivity contribution is -0.139. The van der Waals surface area contributed by atoms with Crippen molar-refractivity contribution in [2.45, 2.75) is 38.3 Å². The van der Waals surface area contributed by atoms with Crippen molar-refractivity contribution >= 4 is 55.1 Å². The monoisotopic (exact) mass is 605 g/mol. The Kier molecular flexibility index (Phi) is 9.75. The molecule has 1 atom stereocenters. The van der Waals surface area contributed by atoms with Gasteiger partial charge < -0.3 is 10.2 Å². The second-order valence-corrected chi connectivity index (χ2v) is 11.7. The number of amides is 2. The lowest BCUT2D eigenvalue weighted by Crippen LogP contribution is -2.51. The third-order valence-electron chi connectivity index (χ3n) is 5.79. The smallest absolute Gasteiger partial charge is 0.264 e. The van der Waals surface area contributed by atoms with Crippen molar-refractivity contribution in [3.8, 4) is 0 Å². The van der Waals surface area contributed by atoms with Crippen LogP contribution in [0.4, 0.5) is 5.69 Å². The minimum absolute atomic E-state index is 0.0647. The van der Waals surface area contributed by atoms with E-state index in [2.05, 4.69) is 21.2 Å². The van der Waals surface area contributed by atoms with E-state index in [9.17, 15) is 18.0 Å². The molecule has 0 heterocycles. The van der Waals surface area contributed by atoms with Crippen LogP contribution in [0.3, 0.4) is 0 Å². The highest BCUT2D eigenvalue weighted by Gasteiger charge is 2.32. The van der Waals surface area contributed by atoms with Crippen LogP contribution in [0.1, 0.15) is 25.0 Å². The molecule has 0 aliphatic rings. The molecule has 196 valence electrons. The second-order valence-electron chi connectivity index (χ2n) is 8.52. The number of rotatable bonds is 10. The maximum atomic E-state index is 13.8. The van der Waals surface area contributed by atoms with E-state index in [1.54, 1.807) is 74.5 Å². The Balaban J connectivity index is 2.01. The molecule has 0 saturated heterocycles. The van der Waals surface area contributed by atoms with E-state index in [4.69, 9.17) is 11.6 Å². The van der Waals surface area contributed by atoms with Crippen molar-refractivity contribution in [3.05, 3.63) is 93.4 Å². The molecule has 2 amide bonds. The molecule has 10 heteroatoms. The largest absolute Gasteiger partial charge is 0.355 e. The molecule has 1 unspecified atom stereocenters. The molecule has 0 aromatic heterocycles. The molecular weight excluding hydrogens is 578 g/mol. The molecule has 1 N–H and O–H groups in total. The summed E-state index contributed by atoms with van der Waals surface area (Å²) >= 11 is 9.38. The molecule has 7 nitrogen and oxygen atoms in total. The van der Waals surface area contributed by atoms with E-state index in [0.29, 0.717) is 17.3 Å². The number of sulfonamides is 1. The van der Waals surface area contributed by atoms with Crippen LogP contribution in [0, 0.1) is 6.92 Å². The normalized spacial score (nSPS) is 12.0. The third-order valence-corrected chi connectivity index (χ3v) is 8.36. The summed E-state index contributed by atoms with van der Waals surface area (Å²) in [7, 11) is -4.09. The SMILES string of the molecule is CCNC(=O)C(C)N(Cc1ccc(Cl)cc1)C(=O)CN(c1ccc(Br)cc1)S(=O)(=O)c1ccc(C)cc1. The Labute approximate surface area is 231 Å². The maximum absolute atomic E-state index is 13.8. The number of nitrogens with one attached hydrogen (secondary N) is 1. The van der Waals surface area contributed by atoms with Crippen LogP contribution in [-0.4, -0.2) is 44.3 Å². The molecule has 3 aromatic carbocycles. The van der Waals surface area contributed by atoms with Crippen LogP contribution >= 0.6 is 27.5 Å². The molecule has 0 aliphatic heterocycles. The zero-order valence-electron chi connectivity index (χ0n) is 20.8. The summed E-state index contributed by atoms with van der Waals surface area (Å²) in [6.07, 6.45) is 0. The van der Waals surface area contributed by atoms with Gasteiger partial charge >= 0.3 is 0 Å². The highest BCUT2D eigenvalue weighted by atomic mass is 79.9. The van der Waals surface area contributed by atoms with Crippen molar-refractivity contribution in [1.82, 2.24) is 10.2 Å². The van der Waals surface area contributed by atoms with Crippen LogP contribution < -0.4 is 9.62 Å². The maximum Gasteiger partial charge on any atom is 0.264 e. The first-order valence-electron chi connectivity index (χ1n) is 11.7. The topological polar surface area (TPSA) is 86.8 Å². The number of aryl methyl sites for hydroxylation is 1. The quantitative estimate of drug-likeness (QED) is 0.346. The fourth-order valence-electron chi connectivity index (χ4n) is 3.66. The zero-order valence-corrected chi connectivity index (χ0v) is 24.0. The lowest BCUT2D eigenvalue weighted by Gasteiger charge is -2.32. The Morgan fingerprint density at radius 1 is 0.973 bits per heavy atom. The second kappa shape index (κ2) is 12.6. The van der Waals surface area contributed by atoms with Crippen LogP contribution in [-0.2, 0) is 26.2 Å². The van der Waals surface area contributed by atoms with Gasteiger partial charge in [0.1, 0.15) is 12.6 Å². The molecule has 37 heavy (non-hydrogen) atoms. The van der Waals surface area contributed by atoms with E-state index in [1.807, 2.05) is 6.92 Å². The molecule has 0 spiro atoms. The minimum Gasteiger partial charge on any atom is -0.355 e. The third kappa shape index (κ3) is 7.34. The first-order valence-corrected chi connectivity index (χ1v) is 14.3. The van der Waals surface area contributed by atoms with Gasteiger partial charge in [-0.05, 0) is 74.9 Å². The van der Waals surface area contributed by atoms with Crippen molar-refractivity contribution in [3.63, 3.8) is 0 Å². The predicted molar refractivity (Wildman–Crippen MR) is 150 cm³/mol. The highest BCUT2D eigenvalue weighted by molar-refractivity contribution is 9.10. The van der Waals surface area contributed by atoms with Gasteiger partial charge in [0, 0.05) is 22.6 Å². The molecule has 0 saturated carbocycles. The van der Waals surface area contributed by atoms with E-state index in [-0.39, 0.29) is 17.3 Å². The number of nitrogens with zero attached hydrogens (tertiary/aromatic N) is 2. The standard InChI is InChI=1S/C27H29BrClN3O4S/c1-4-30-27(34)20(3)31(17-21-7-11-23(29)12-8-21)26(33)18-32(24-13-9-22(28)10-14-24)37(35,36)25-15-5-19(2)6-16-25/h5-16,20H,4,17-18H2,1-3H3,(H,30,34). The van der Waals surface area contributed by atoms with E-state index < -0.39 is 28.5 Å². The summed E-state index contributed by atoms with van der Waals surface area (Å²) in [6, 6.07) is 19.2. The van der Waals surface area contributed by atoms with Gasteiger partial charge in [-0.15, -0.1) is 0 Å².